The quantitative estimate of drug-likeness (QED) is 0.601. The first-order valence-electron chi connectivity index (χ1n) is 5.24. The van der Waals surface area contributed by atoms with Gasteiger partial charge in [-0.05, 0) is 25.1 Å². The summed E-state index contributed by atoms with van der Waals surface area (Å²) >= 11 is 0. The monoisotopic (exact) mass is 230 g/mol. The molecule has 0 unspecified atom stereocenters. The molecule has 0 saturated carbocycles. The average molecular weight is 230 g/mol. The third kappa shape index (κ3) is 1.39. The Morgan fingerprint density at radius 3 is 2.82 bits per heavy atom. The number of aromatic amines is 2. The van der Waals surface area contributed by atoms with Crippen molar-refractivity contribution in [1.29, 1.82) is 0 Å². The molecule has 0 spiro atoms. The van der Waals surface area contributed by atoms with E-state index in [9.17, 15) is 4.39 Å². The molecule has 3 aromatic rings. The second-order valence-corrected chi connectivity index (χ2v) is 4.04. The van der Waals surface area contributed by atoms with Gasteiger partial charge in [0.25, 0.3) is 0 Å². The van der Waals surface area contributed by atoms with Gasteiger partial charge in [0.15, 0.2) is 0 Å². The first-order chi connectivity index (χ1) is 8.16. The lowest BCUT2D eigenvalue weighted by atomic mass is 10.1. The van der Waals surface area contributed by atoms with E-state index in [-0.39, 0.29) is 5.82 Å². The summed E-state index contributed by atoms with van der Waals surface area (Å²) in [6, 6.07) is 5.33. The van der Waals surface area contributed by atoms with Crippen LogP contribution in [0.3, 0.4) is 0 Å². The van der Waals surface area contributed by atoms with E-state index in [4.69, 9.17) is 5.73 Å². The van der Waals surface area contributed by atoms with E-state index in [1.54, 1.807) is 12.1 Å². The third-order valence-electron chi connectivity index (χ3n) is 2.83. The van der Waals surface area contributed by atoms with Gasteiger partial charge in [0.1, 0.15) is 11.6 Å². The number of anilines is 1. The van der Waals surface area contributed by atoms with Gasteiger partial charge in [-0.3, -0.25) is 5.10 Å². The van der Waals surface area contributed by atoms with Crippen LogP contribution in [0.4, 0.5) is 10.2 Å². The Hall–Kier alpha value is -2.30. The van der Waals surface area contributed by atoms with Crippen molar-refractivity contribution >= 4 is 16.7 Å². The molecule has 2 heterocycles. The van der Waals surface area contributed by atoms with Gasteiger partial charge in [0.2, 0.25) is 0 Å². The van der Waals surface area contributed by atoms with Crippen LogP contribution in [0.2, 0.25) is 0 Å². The standard InChI is InChI=1S/C12H11FN4/c1-6-4-8-10(16-6)3-2-7(11(8)13)9-5-15-17-12(9)14/h2-5,16H,1H3,(H3,14,15,17). The molecule has 3 rings (SSSR count). The molecule has 0 fully saturated rings. The fourth-order valence-corrected chi connectivity index (χ4v) is 2.03. The normalized spacial score (nSPS) is 11.2. The molecule has 0 bridgehead atoms. The van der Waals surface area contributed by atoms with E-state index in [2.05, 4.69) is 15.2 Å². The van der Waals surface area contributed by atoms with Gasteiger partial charge >= 0.3 is 0 Å². The van der Waals surface area contributed by atoms with Crippen molar-refractivity contribution in [2.75, 3.05) is 5.73 Å². The van der Waals surface area contributed by atoms with Gasteiger partial charge in [0, 0.05) is 27.7 Å². The minimum absolute atomic E-state index is 0.278. The van der Waals surface area contributed by atoms with Crippen LogP contribution in [0.1, 0.15) is 5.69 Å². The number of hydrogen-bond acceptors (Lipinski definition) is 2. The second kappa shape index (κ2) is 3.35. The first kappa shape index (κ1) is 9.89. The van der Waals surface area contributed by atoms with E-state index in [0.717, 1.165) is 11.2 Å². The van der Waals surface area contributed by atoms with Gasteiger partial charge in [-0.1, -0.05) is 0 Å². The smallest absolute Gasteiger partial charge is 0.140 e. The number of benzene rings is 1. The number of nitrogens with zero attached hydrogens (tertiary/aromatic N) is 1. The van der Waals surface area contributed by atoms with Gasteiger partial charge in [-0.2, -0.15) is 5.10 Å². The Balaban J connectivity index is 2.31. The van der Waals surface area contributed by atoms with Gasteiger partial charge < -0.3 is 10.7 Å². The molecule has 0 aliphatic rings. The fraction of sp³-hybridized carbons (Fsp3) is 0.0833. The number of nitrogen functional groups attached to an aromatic ring is 1. The third-order valence-corrected chi connectivity index (χ3v) is 2.83. The number of rotatable bonds is 1. The lowest BCUT2D eigenvalue weighted by Crippen LogP contribution is -1.90. The van der Waals surface area contributed by atoms with Crippen molar-refractivity contribution in [3.8, 4) is 11.1 Å². The van der Waals surface area contributed by atoms with Crippen LogP contribution >= 0.6 is 0 Å². The summed E-state index contributed by atoms with van der Waals surface area (Å²) < 4.78 is 14.3. The lowest BCUT2D eigenvalue weighted by molar-refractivity contribution is 0.643. The van der Waals surface area contributed by atoms with Crippen molar-refractivity contribution in [3.63, 3.8) is 0 Å². The molecule has 1 aromatic carbocycles. The van der Waals surface area contributed by atoms with Crippen LogP contribution in [0.25, 0.3) is 22.0 Å². The average Bonchev–Trinajstić information content (AvgIpc) is 2.85. The zero-order chi connectivity index (χ0) is 12.0. The van der Waals surface area contributed by atoms with E-state index in [1.165, 1.54) is 6.20 Å². The van der Waals surface area contributed by atoms with Crippen LogP contribution < -0.4 is 5.73 Å². The van der Waals surface area contributed by atoms with Crippen molar-refractivity contribution in [2.45, 2.75) is 6.92 Å². The number of aryl methyl sites for hydroxylation is 1. The van der Waals surface area contributed by atoms with E-state index in [1.807, 2.05) is 13.0 Å². The molecule has 0 aliphatic carbocycles. The van der Waals surface area contributed by atoms with Crippen LogP contribution in [0.15, 0.2) is 24.4 Å². The number of H-pyrrole nitrogens is 2. The Bertz CT molecular complexity index is 696. The van der Waals surface area contributed by atoms with Crippen molar-refractivity contribution in [1.82, 2.24) is 15.2 Å². The highest BCUT2D eigenvalue weighted by Crippen LogP contribution is 2.31. The second-order valence-electron chi connectivity index (χ2n) is 4.04. The van der Waals surface area contributed by atoms with E-state index < -0.39 is 0 Å². The Morgan fingerprint density at radius 2 is 2.12 bits per heavy atom. The number of nitrogens with one attached hydrogen (secondary N) is 2. The van der Waals surface area contributed by atoms with Crippen molar-refractivity contribution in [2.24, 2.45) is 0 Å². The highest BCUT2D eigenvalue weighted by molar-refractivity contribution is 5.88. The zero-order valence-electron chi connectivity index (χ0n) is 9.21. The summed E-state index contributed by atoms with van der Waals surface area (Å²) in [5.41, 5.74) is 8.46. The molecule has 0 aliphatic heterocycles. The molecule has 0 atom stereocenters. The molecular weight excluding hydrogens is 219 g/mol. The van der Waals surface area contributed by atoms with E-state index >= 15 is 0 Å². The minimum atomic E-state index is -0.278. The molecule has 0 saturated heterocycles. The van der Waals surface area contributed by atoms with Crippen LogP contribution in [-0.4, -0.2) is 15.2 Å². The highest BCUT2D eigenvalue weighted by atomic mass is 19.1. The van der Waals surface area contributed by atoms with Crippen LogP contribution in [0.5, 0.6) is 0 Å². The largest absolute Gasteiger partial charge is 0.384 e. The summed E-state index contributed by atoms with van der Waals surface area (Å²) in [6.07, 6.45) is 1.53. The summed E-state index contributed by atoms with van der Waals surface area (Å²) in [7, 11) is 0. The Kier molecular flexibility index (Phi) is 1.95. The number of halogens is 1. The van der Waals surface area contributed by atoms with Crippen molar-refractivity contribution in [3.05, 3.63) is 35.9 Å². The van der Waals surface area contributed by atoms with Crippen LogP contribution in [-0.2, 0) is 0 Å². The number of hydrogen-bond donors (Lipinski definition) is 3. The molecule has 0 amide bonds. The molecular formula is C12H11FN4. The Labute approximate surface area is 96.6 Å². The summed E-state index contributed by atoms with van der Waals surface area (Å²) in [4.78, 5) is 3.09. The summed E-state index contributed by atoms with van der Waals surface area (Å²) in [6.45, 7) is 1.89. The predicted molar refractivity (Wildman–Crippen MR) is 65.0 cm³/mol. The molecule has 4 N–H and O–H groups in total. The molecule has 2 aromatic heterocycles. The number of fused-ring (bicyclic) bond motifs is 1. The minimum Gasteiger partial charge on any atom is -0.384 e. The van der Waals surface area contributed by atoms with E-state index in [0.29, 0.717) is 22.3 Å². The predicted octanol–water partition coefficient (Wildman–Crippen LogP) is 2.59. The van der Waals surface area contributed by atoms with Gasteiger partial charge in [0.05, 0.1) is 6.20 Å². The maximum Gasteiger partial charge on any atom is 0.140 e. The topological polar surface area (TPSA) is 70.5 Å². The zero-order valence-corrected chi connectivity index (χ0v) is 9.21. The fourth-order valence-electron chi connectivity index (χ4n) is 2.03. The van der Waals surface area contributed by atoms with Gasteiger partial charge in [-0.25, -0.2) is 4.39 Å². The lowest BCUT2D eigenvalue weighted by Gasteiger charge is -2.02. The molecule has 4 nitrogen and oxygen atoms in total. The number of aromatic nitrogens is 3. The van der Waals surface area contributed by atoms with Crippen LogP contribution in [0, 0.1) is 12.7 Å². The molecule has 0 radical (unpaired) electrons. The maximum absolute atomic E-state index is 14.3. The number of nitrogens with two attached hydrogens (primary N) is 1. The molecule has 86 valence electrons. The SMILES string of the molecule is Cc1cc2c(F)c(-c3cn[nH]c3N)ccc2[nH]1. The molecule has 17 heavy (non-hydrogen) atoms. The maximum atomic E-state index is 14.3. The Morgan fingerprint density at radius 1 is 1.29 bits per heavy atom. The first-order valence-corrected chi connectivity index (χ1v) is 5.24. The summed E-state index contributed by atoms with van der Waals surface area (Å²) in [5.74, 6) is 0.0930. The van der Waals surface area contributed by atoms with Crippen molar-refractivity contribution < 1.29 is 4.39 Å². The highest BCUT2D eigenvalue weighted by Gasteiger charge is 2.13. The summed E-state index contributed by atoms with van der Waals surface area (Å²) in [5, 5.41) is 6.97. The van der Waals surface area contributed by atoms with Gasteiger partial charge in [-0.15, -0.1) is 0 Å². The molecule has 5 heteroatoms.